The van der Waals surface area contributed by atoms with Crippen LogP contribution >= 0.6 is 0 Å². The summed E-state index contributed by atoms with van der Waals surface area (Å²) in [6.45, 7) is 0.117. The molecule has 1 aliphatic carbocycles. The standard InChI is InChI=1S/C13H16O4S/c1-18(15,16)8-7-17-11-6-5-10-3-2-4-13(14)12(10)9-11/h5-6,9H,2-4,7-8H2,1H3. The zero-order chi connectivity index (χ0) is 13.2. The Morgan fingerprint density at radius 3 is 2.78 bits per heavy atom. The number of carbonyl (C=O) groups excluding carboxylic acids is 1. The minimum atomic E-state index is -3.01. The first kappa shape index (κ1) is 13.1. The minimum absolute atomic E-state index is 0.0158. The number of ketones is 1. The number of fused-ring (bicyclic) bond motifs is 1. The third-order valence-electron chi connectivity index (χ3n) is 2.95. The van der Waals surface area contributed by atoms with Crippen molar-refractivity contribution in [3.05, 3.63) is 29.3 Å². The molecule has 0 unspecified atom stereocenters. The van der Waals surface area contributed by atoms with Crippen LogP contribution in [0.1, 0.15) is 28.8 Å². The predicted molar refractivity (Wildman–Crippen MR) is 68.9 cm³/mol. The van der Waals surface area contributed by atoms with Gasteiger partial charge in [-0.05, 0) is 30.5 Å². The lowest BCUT2D eigenvalue weighted by molar-refractivity contribution is 0.0972. The van der Waals surface area contributed by atoms with E-state index in [1.165, 1.54) is 6.26 Å². The molecule has 0 bridgehead atoms. The smallest absolute Gasteiger partial charge is 0.163 e. The van der Waals surface area contributed by atoms with Crippen molar-refractivity contribution in [3.63, 3.8) is 0 Å². The maximum Gasteiger partial charge on any atom is 0.163 e. The van der Waals surface area contributed by atoms with E-state index in [9.17, 15) is 13.2 Å². The molecule has 0 heterocycles. The lowest BCUT2D eigenvalue weighted by Gasteiger charge is -2.15. The van der Waals surface area contributed by atoms with Gasteiger partial charge in [0.2, 0.25) is 0 Å². The Balaban J connectivity index is 2.07. The van der Waals surface area contributed by atoms with Gasteiger partial charge in [-0.15, -0.1) is 0 Å². The van der Waals surface area contributed by atoms with Crippen LogP contribution in [0.5, 0.6) is 5.75 Å². The number of sulfone groups is 1. The summed E-state index contributed by atoms with van der Waals surface area (Å²) in [7, 11) is -3.01. The van der Waals surface area contributed by atoms with E-state index in [1.54, 1.807) is 12.1 Å². The number of hydrogen-bond acceptors (Lipinski definition) is 4. The molecular formula is C13H16O4S. The Bertz CT molecular complexity index is 560. The van der Waals surface area contributed by atoms with E-state index < -0.39 is 9.84 Å². The van der Waals surface area contributed by atoms with E-state index >= 15 is 0 Å². The molecule has 0 saturated carbocycles. The second-order valence-electron chi connectivity index (χ2n) is 4.57. The third-order valence-corrected chi connectivity index (χ3v) is 3.86. The van der Waals surface area contributed by atoms with Gasteiger partial charge in [0.25, 0.3) is 0 Å². The summed E-state index contributed by atoms with van der Waals surface area (Å²) in [5, 5.41) is 0. The van der Waals surface area contributed by atoms with Crippen LogP contribution in [0.2, 0.25) is 0 Å². The molecule has 0 aromatic heterocycles. The SMILES string of the molecule is CS(=O)(=O)CCOc1ccc2c(c1)C(=O)CCC2. The zero-order valence-electron chi connectivity index (χ0n) is 10.3. The van der Waals surface area contributed by atoms with E-state index in [2.05, 4.69) is 0 Å². The Kier molecular flexibility index (Phi) is 3.71. The van der Waals surface area contributed by atoms with E-state index in [1.807, 2.05) is 6.07 Å². The van der Waals surface area contributed by atoms with Crippen LogP contribution in [0.4, 0.5) is 0 Å². The molecule has 1 aromatic carbocycles. The van der Waals surface area contributed by atoms with E-state index in [0.717, 1.165) is 24.0 Å². The molecule has 0 atom stereocenters. The van der Waals surface area contributed by atoms with Gasteiger partial charge in [-0.3, -0.25) is 4.79 Å². The molecule has 1 aliphatic rings. The summed E-state index contributed by atoms with van der Waals surface area (Å²) >= 11 is 0. The Hall–Kier alpha value is -1.36. The number of rotatable bonds is 4. The highest BCUT2D eigenvalue weighted by Gasteiger charge is 2.17. The molecule has 0 spiro atoms. The summed E-state index contributed by atoms with van der Waals surface area (Å²) < 4.78 is 27.3. The fourth-order valence-corrected chi connectivity index (χ4v) is 2.39. The van der Waals surface area contributed by atoms with Gasteiger partial charge in [0.05, 0.1) is 5.75 Å². The van der Waals surface area contributed by atoms with E-state index in [0.29, 0.717) is 12.2 Å². The maximum atomic E-state index is 11.7. The van der Waals surface area contributed by atoms with E-state index in [4.69, 9.17) is 4.74 Å². The fourth-order valence-electron chi connectivity index (χ4n) is 2.01. The number of carbonyl (C=O) groups is 1. The monoisotopic (exact) mass is 268 g/mol. The Morgan fingerprint density at radius 2 is 2.06 bits per heavy atom. The number of hydrogen-bond donors (Lipinski definition) is 0. The van der Waals surface area contributed by atoms with Crippen molar-refractivity contribution in [1.82, 2.24) is 0 Å². The summed E-state index contributed by atoms with van der Waals surface area (Å²) in [5.74, 6) is 0.690. The van der Waals surface area contributed by atoms with Crippen molar-refractivity contribution < 1.29 is 17.9 Å². The fraction of sp³-hybridized carbons (Fsp3) is 0.462. The lowest BCUT2D eigenvalue weighted by atomic mass is 9.90. The first-order valence-corrected chi connectivity index (χ1v) is 7.98. The average molecular weight is 268 g/mol. The van der Waals surface area contributed by atoms with Crippen molar-refractivity contribution in [3.8, 4) is 5.75 Å². The lowest BCUT2D eigenvalue weighted by Crippen LogP contribution is -2.14. The molecule has 0 amide bonds. The predicted octanol–water partition coefficient (Wildman–Crippen LogP) is 1.63. The summed E-state index contributed by atoms with van der Waals surface area (Å²) in [4.78, 5) is 11.7. The zero-order valence-corrected chi connectivity index (χ0v) is 11.1. The molecule has 0 saturated heterocycles. The molecule has 2 rings (SSSR count). The first-order chi connectivity index (χ1) is 8.46. The molecule has 4 nitrogen and oxygen atoms in total. The summed E-state index contributed by atoms with van der Waals surface area (Å²) in [6, 6.07) is 5.40. The van der Waals surface area contributed by atoms with Crippen LogP contribution < -0.4 is 4.74 Å². The van der Waals surface area contributed by atoms with Crippen LogP contribution in [0.25, 0.3) is 0 Å². The van der Waals surface area contributed by atoms with Gasteiger partial charge in [0, 0.05) is 18.2 Å². The van der Waals surface area contributed by atoms with Crippen molar-refractivity contribution in [2.75, 3.05) is 18.6 Å². The molecule has 0 fully saturated rings. The van der Waals surface area contributed by atoms with Gasteiger partial charge in [-0.1, -0.05) is 6.07 Å². The largest absolute Gasteiger partial charge is 0.493 e. The maximum absolute atomic E-state index is 11.7. The van der Waals surface area contributed by atoms with Crippen LogP contribution in [-0.2, 0) is 16.3 Å². The second-order valence-corrected chi connectivity index (χ2v) is 6.83. The van der Waals surface area contributed by atoms with Crippen molar-refractivity contribution in [1.29, 1.82) is 0 Å². The van der Waals surface area contributed by atoms with Crippen LogP contribution in [0.15, 0.2) is 18.2 Å². The van der Waals surface area contributed by atoms with Crippen LogP contribution in [0.3, 0.4) is 0 Å². The summed E-state index contributed by atoms with van der Waals surface area (Å²) in [5.41, 5.74) is 1.78. The Morgan fingerprint density at radius 1 is 1.28 bits per heavy atom. The second kappa shape index (κ2) is 5.10. The average Bonchev–Trinajstić information content (AvgIpc) is 2.28. The normalized spacial score (nSPS) is 15.3. The molecule has 1 aromatic rings. The van der Waals surface area contributed by atoms with Crippen molar-refractivity contribution in [2.45, 2.75) is 19.3 Å². The molecule has 0 aliphatic heterocycles. The molecule has 0 radical (unpaired) electrons. The van der Waals surface area contributed by atoms with Crippen molar-refractivity contribution >= 4 is 15.6 Å². The third kappa shape index (κ3) is 3.32. The number of Topliss-reactive ketones (excluding diaryl/α,β-unsaturated/α-hetero) is 1. The molecule has 5 heteroatoms. The van der Waals surface area contributed by atoms with Gasteiger partial charge in [-0.25, -0.2) is 8.42 Å². The highest BCUT2D eigenvalue weighted by Crippen LogP contribution is 2.25. The highest BCUT2D eigenvalue weighted by molar-refractivity contribution is 7.90. The molecule has 0 N–H and O–H groups in total. The van der Waals surface area contributed by atoms with Gasteiger partial charge in [0.1, 0.15) is 12.4 Å². The first-order valence-electron chi connectivity index (χ1n) is 5.92. The number of aryl methyl sites for hydroxylation is 1. The molecule has 98 valence electrons. The van der Waals surface area contributed by atoms with Crippen LogP contribution in [-0.4, -0.2) is 32.8 Å². The quantitative estimate of drug-likeness (QED) is 0.832. The number of ether oxygens (including phenoxy) is 1. The topological polar surface area (TPSA) is 60.4 Å². The van der Waals surface area contributed by atoms with E-state index in [-0.39, 0.29) is 18.1 Å². The molecular weight excluding hydrogens is 252 g/mol. The van der Waals surface area contributed by atoms with Gasteiger partial charge in [-0.2, -0.15) is 0 Å². The van der Waals surface area contributed by atoms with Crippen LogP contribution in [0, 0.1) is 0 Å². The van der Waals surface area contributed by atoms with Gasteiger partial charge >= 0.3 is 0 Å². The van der Waals surface area contributed by atoms with Gasteiger partial charge < -0.3 is 4.74 Å². The van der Waals surface area contributed by atoms with Crippen molar-refractivity contribution in [2.24, 2.45) is 0 Å². The molecule has 18 heavy (non-hydrogen) atoms. The highest BCUT2D eigenvalue weighted by atomic mass is 32.2. The van der Waals surface area contributed by atoms with Gasteiger partial charge in [0.15, 0.2) is 15.6 Å². The Labute approximate surface area is 107 Å². The number of benzene rings is 1. The summed E-state index contributed by atoms with van der Waals surface area (Å²) in [6.07, 6.45) is 3.58. The minimum Gasteiger partial charge on any atom is -0.493 e.